The van der Waals surface area contributed by atoms with Gasteiger partial charge in [-0.15, -0.1) is 0 Å². The Kier molecular flexibility index (Phi) is 5.87. The molecule has 0 aromatic carbocycles. The van der Waals surface area contributed by atoms with E-state index in [2.05, 4.69) is 36.8 Å². The number of nitrogens with zero attached hydrogens (tertiary/aromatic N) is 6. The Hall–Kier alpha value is -2.45. The van der Waals surface area contributed by atoms with E-state index >= 15 is 0 Å². The molecule has 0 atom stereocenters. The van der Waals surface area contributed by atoms with E-state index < -0.39 is 0 Å². The molecule has 0 bridgehead atoms. The van der Waals surface area contributed by atoms with Crippen molar-refractivity contribution in [1.82, 2.24) is 19.9 Å². The Bertz CT molecular complexity index is 788. The Balaban J connectivity index is 1.38. The van der Waals surface area contributed by atoms with Crippen LogP contribution in [0.3, 0.4) is 0 Å². The average molecular weight is 384 g/mol. The summed E-state index contributed by atoms with van der Waals surface area (Å²) < 4.78 is 10.7. The maximum atomic E-state index is 5.46. The molecule has 2 aliphatic heterocycles. The van der Waals surface area contributed by atoms with Crippen molar-refractivity contribution in [2.45, 2.75) is 13.5 Å². The van der Waals surface area contributed by atoms with Crippen LogP contribution in [0, 0.1) is 6.92 Å². The summed E-state index contributed by atoms with van der Waals surface area (Å²) >= 11 is 0. The van der Waals surface area contributed by atoms with Crippen molar-refractivity contribution in [2.75, 3.05) is 69.4 Å². The highest BCUT2D eigenvalue weighted by Crippen LogP contribution is 2.22. The average Bonchev–Trinajstić information content (AvgIpc) is 2.74. The summed E-state index contributed by atoms with van der Waals surface area (Å²) in [6.07, 6.45) is 1.81. The molecular weight excluding hydrogens is 356 g/mol. The predicted octanol–water partition coefficient (Wildman–Crippen LogP) is 1.35. The first kappa shape index (κ1) is 18.9. The molecule has 2 aromatic heterocycles. The van der Waals surface area contributed by atoms with Crippen molar-refractivity contribution >= 4 is 11.6 Å². The van der Waals surface area contributed by atoms with Crippen molar-refractivity contribution in [2.24, 2.45) is 0 Å². The molecule has 4 rings (SSSR count). The molecule has 0 aliphatic carbocycles. The molecule has 4 heterocycles. The van der Waals surface area contributed by atoms with E-state index in [0.29, 0.717) is 5.88 Å². The second-order valence-corrected chi connectivity index (χ2v) is 7.20. The van der Waals surface area contributed by atoms with Gasteiger partial charge >= 0.3 is 0 Å². The summed E-state index contributed by atoms with van der Waals surface area (Å²) in [6.45, 7) is 10.1. The Labute approximate surface area is 166 Å². The molecule has 0 spiro atoms. The Morgan fingerprint density at radius 1 is 0.964 bits per heavy atom. The number of hydrogen-bond acceptors (Lipinski definition) is 8. The quantitative estimate of drug-likeness (QED) is 0.765. The van der Waals surface area contributed by atoms with Gasteiger partial charge in [-0.05, 0) is 18.6 Å². The number of morpholine rings is 1. The molecule has 150 valence electrons. The number of piperazine rings is 1. The van der Waals surface area contributed by atoms with Gasteiger partial charge in [0.1, 0.15) is 17.5 Å². The van der Waals surface area contributed by atoms with Gasteiger partial charge in [0.2, 0.25) is 5.88 Å². The summed E-state index contributed by atoms with van der Waals surface area (Å²) in [7, 11) is 1.65. The van der Waals surface area contributed by atoms with Gasteiger partial charge in [-0.1, -0.05) is 0 Å². The predicted molar refractivity (Wildman–Crippen MR) is 108 cm³/mol. The molecule has 0 amide bonds. The number of anilines is 2. The van der Waals surface area contributed by atoms with Crippen LogP contribution in [0.1, 0.15) is 11.4 Å². The van der Waals surface area contributed by atoms with Crippen LogP contribution in [0.5, 0.6) is 5.88 Å². The third kappa shape index (κ3) is 4.51. The first-order valence-corrected chi connectivity index (χ1v) is 9.86. The van der Waals surface area contributed by atoms with Crippen molar-refractivity contribution in [3.05, 3.63) is 35.8 Å². The topological polar surface area (TPSA) is 66.9 Å². The van der Waals surface area contributed by atoms with E-state index in [1.807, 2.05) is 13.0 Å². The van der Waals surface area contributed by atoms with E-state index in [-0.39, 0.29) is 0 Å². The summed E-state index contributed by atoms with van der Waals surface area (Å²) in [4.78, 5) is 20.6. The fourth-order valence-corrected chi connectivity index (χ4v) is 3.71. The molecule has 2 fully saturated rings. The molecule has 28 heavy (non-hydrogen) atoms. The molecule has 2 saturated heterocycles. The highest BCUT2D eigenvalue weighted by molar-refractivity contribution is 5.51. The third-order valence-electron chi connectivity index (χ3n) is 5.26. The van der Waals surface area contributed by atoms with E-state index in [9.17, 15) is 0 Å². The zero-order valence-corrected chi connectivity index (χ0v) is 16.7. The van der Waals surface area contributed by atoms with Gasteiger partial charge in [0.25, 0.3) is 0 Å². The minimum atomic E-state index is 0.670. The molecule has 2 aliphatic rings. The lowest BCUT2D eigenvalue weighted by molar-refractivity contribution is 0.122. The molecular formula is C20H28N6O2. The first-order valence-electron chi connectivity index (χ1n) is 9.86. The maximum Gasteiger partial charge on any atom is 0.213 e. The highest BCUT2D eigenvalue weighted by atomic mass is 16.5. The summed E-state index contributed by atoms with van der Waals surface area (Å²) in [5, 5.41) is 0. The lowest BCUT2D eigenvalue weighted by atomic mass is 10.2. The van der Waals surface area contributed by atoms with E-state index in [0.717, 1.165) is 76.5 Å². The number of rotatable bonds is 5. The smallest absolute Gasteiger partial charge is 0.213 e. The third-order valence-corrected chi connectivity index (χ3v) is 5.26. The number of aryl methyl sites for hydroxylation is 1. The SMILES string of the molecule is COc1cc(CN2CCN(c3cc(N4CCOCC4)nc(C)n3)CC2)ccn1. The summed E-state index contributed by atoms with van der Waals surface area (Å²) in [5.74, 6) is 3.53. The van der Waals surface area contributed by atoms with Gasteiger partial charge in [0.05, 0.1) is 20.3 Å². The van der Waals surface area contributed by atoms with Crippen LogP contribution in [0.15, 0.2) is 24.4 Å². The van der Waals surface area contributed by atoms with Crippen LogP contribution in [0.2, 0.25) is 0 Å². The number of pyridine rings is 1. The van der Waals surface area contributed by atoms with E-state index in [1.165, 1.54) is 5.56 Å². The van der Waals surface area contributed by atoms with Crippen LogP contribution < -0.4 is 14.5 Å². The van der Waals surface area contributed by atoms with Gasteiger partial charge < -0.3 is 19.3 Å². The maximum absolute atomic E-state index is 5.46. The minimum absolute atomic E-state index is 0.670. The lowest BCUT2D eigenvalue weighted by Gasteiger charge is -2.36. The van der Waals surface area contributed by atoms with Crippen molar-refractivity contribution in [3.8, 4) is 5.88 Å². The molecule has 8 heteroatoms. The van der Waals surface area contributed by atoms with E-state index in [1.54, 1.807) is 13.3 Å². The monoisotopic (exact) mass is 384 g/mol. The first-order chi connectivity index (χ1) is 13.7. The number of methoxy groups -OCH3 is 1. The zero-order chi connectivity index (χ0) is 19.3. The largest absolute Gasteiger partial charge is 0.481 e. The Morgan fingerprint density at radius 3 is 2.32 bits per heavy atom. The van der Waals surface area contributed by atoms with Crippen LogP contribution >= 0.6 is 0 Å². The molecule has 2 aromatic rings. The van der Waals surface area contributed by atoms with Gasteiger partial charge in [-0.25, -0.2) is 15.0 Å². The molecule has 0 saturated carbocycles. The Morgan fingerprint density at radius 2 is 1.64 bits per heavy atom. The number of hydrogen-bond donors (Lipinski definition) is 0. The van der Waals surface area contributed by atoms with Crippen molar-refractivity contribution < 1.29 is 9.47 Å². The summed E-state index contributed by atoms with van der Waals surface area (Å²) in [5.41, 5.74) is 1.23. The van der Waals surface area contributed by atoms with Crippen molar-refractivity contribution in [1.29, 1.82) is 0 Å². The van der Waals surface area contributed by atoms with Crippen LogP contribution in [0.4, 0.5) is 11.6 Å². The normalized spacial score (nSPS) is 18.4. The molecule has 0 radical (unpaired) electrons. The molecule has 0 unspecified atom stereocenters. The van der Waals surface area contributed by atoms with Gasteiger partial charge in [-0.3, -0.25) is 4.90 Å². The van der Waals surface area contributed by atoms with Crippen molar-refractivity contribution in [3.63, 3.8) is 0 Å². The lowest BCUT2D eigenvalue weighted by Crippen LogP contribution is -2.46. The van der Waals surface area contributed by atoms with E-state index in [4.69, 9.17) is 14.5 Å². The van der Waals surface area contributed by atoms with Gasteiger partial charge in [-0.2, -0.15) is 0 Å². The second kappa shape index (κ2) is 8.70. The van der Waals surface area contributed by atoms with Gasteiger partial charge in [0, 0.05) is 64.1 Å². The fraction of sp³-hybridized carbons (Fsp3) is 0.550. The molecule has 8 nitrogen and oxygen atoms in total. The minimum Gasteiger partial charge on any atom is -0.481 e. The number of aromatic nitrogens is 3. The highest BCUT2D eigenvalue weighted by Gasteiger charge is 2.21. The van der Waals surface area contributed by atoms with Crippen LogP contribution in [0.25, 0.3) is 0 Å². The number of ether oxygens (including phenoxy) is 2. The van der Waals surface area contributed by atoms with Gasteiger partial charge in [0.15, 0.2) is 0 Å². The van der Waals surface area contributed by atoms with Crippen LogP contribution in [-0.2, 0) is 11.3 Å². The fourth-order valence-electron chi connectivity index (χ4n) is 3.71. The zero-order valence-electron chi connectivity index (χ0n) is 16.7. The molecule has 0 N–H and O–H groups in total. The van der Waals surface area contributed by atoms with Crippen LogP contribution in [-0.4, -0.2) is 79.4 Å². The standard InChI is InChI=1S/C20H28N6O2/c1-16-22-18(14-19(23-16)26-9-11-28-12-10-26)25-7-5-24(6-8-25)15-17-3-4-21-20(13-17)27-2/h3-4,13-14H,5-12,15H2,1-2H3. The summed E-state index contributed by atoms with van der Waals surface area (Å²) in [6, 6.07) is 6.19. The second-order valence-electron chi connectivity index (χ2n) is 7.20.